The third kappa shape index (κ3) is 2.50. The van der Waals surface area contributed by atoms with E-state index in [0.717, 1.165) is 5.92 Å². The molecule has 1 aromatic carbocycles. The van der Waals surface area contributed by atoms with Crippen molar-refractivity contribution in [1.82, 2.24) is 0 Å². The first-order chi connectivity index (χ1) is 6.75. The van der Waals surface area contributed by atoms with E-state index in [-0.39, 0.29) is 0 Å². The summed E-state index contributed by atoms with van der Waals surface area (Å²) in [4.78, 5) is 0. The summed E-state index contributed by atoms with van der Waals surface area (Å²) in [5, 5.41) is 0. The molecule has 1 aliphatic rings. The zero-order chi connectivity index (χ0) is 9.97. The van der Waals surface area contributed by atoms with Crippen molar-refractivity contribution >= 4 is 22.6 Å². The largest absolute Gasteiger partial charge is 0.0557 e. The van der Waals surface area contributed by atoms with Gasteiger partial charge in [-0.25, -0.2) is 0 Å². The van der Waals surface area contributed by atoms with Crippen molar-refractivity contribution in [2.45, 2.75) is 44.9 Å². The summed E-state index contributed by atoms with van der Waals surface area (Å²) in [5.41, 5.74) is 2.99. The van der Waals surface area contributed by atoms with Gasteiger partial charge in [0.2, 0.25) is 0 Å². The van der Waals surface area contributed by atoms with E-state index in [1.165, 1.54) is 41.2 Å². The average molecular weight is 300 g/mol. The second-order valence-corrected chi connectivity index (χ2v) is 5.64. The first-order valence-corrected chi connectivity index (χ1v) is 6.60. The van der Waals surface area contributed by atoms with Crippen molar-refractivity contribution in [2.24, 2.45) is 0 Å². The Hall–Kier alpha value is -0.0500. The topological polar surface area (TPSA) is 0 Å². The molecule has 0 atom stereocenters. The molecule has 0 N–H and O–H groups in total. The molecule has 0 heterocycles. The molecule has 1 saturated carbocycles. The number of halogens is 1. The van der Waals surface area contributed by atoms with Crippen molar-refractivity contribution in [3.05, 3.63) is 32.9 Å². The van der Waals surface area contributed by atoms with Crippen LogP contribution in [0.15, 0.2) is 18.2 Å². The monoisotopic (exact) mass is 300 g/mol. The SMILES string of the molecule is Cc1cc(I)cc(C2CCCCC2)c1. The number of benzene rings is 1. The average Bonchev–Trinajstić information content (AvgIpc) is 2.18. The molecule has 0 amide bonds. The van der Waals surface area contributed by atoms with Gasteiger partial charge in [0, 0.05) is 3.57 Å². The number of aryl methyl sites for hydroxylation is 1. The number of hydrogen-bond acceptors (Lipinski definition) is 0. The molecule has 1 heteroatoms. The maximum Gasteiger partial charge on any atom is 0.0135 e. The summed E-state index contributed by atoms with van der Waals surface area (Å²) < 4.78 is 1.39. The first kappa shape index (κ1) is 10.5. The zero-order valence-corrected chi connectivity index (χ0v) is 10.9. The van der Waals surface area contributed by atoms with Crippen LogP contribution in [0.1, 0.15) is 49.1 Å². The molecule has 0 bridgehead atoms. The van der Waals surface area contributed by atoms with Gasteiger partial charge >= 0.3 is 0 Å². The van der Waals surface area contributed by atoms with Gasteiger partial charge in [0.25, 0.3) is 0 Å². The summed E-state index contributed by atoms with van der Waals surface area (Å²) >= 11 is 2.43. The van der Waals surface area contributed by atoms with Gasteiger partial charge in [-0.1, -0.05) is 25.3 Å². The van der Waals surface area contributed by atoms with Gasteiger partial charge < -0.3 is 0 Å². The normalized spacial score (nSPS) is 18.4. The molecule has 0 aromatic heterocycles. The van der Waals surface area contributed by atoms with Gasteiger partial charge in [0.1, 0.15) is 0 Å². The van der Waals surface area contributed by atoms with E-state index < -0.39 is 0 Å². The van der Waals surface area contributed by atoms with Crippen LogP contribution >= 0.6 is 22.6 Å². The summed E-state index contributed by atoms with van der Waals surface area (Å²) in [6, 6.07) is 6.99. The summed E-state index contributed by atoms with van der Waals surface area (Å²) in [5.74, 6) is 0.845. The molecular weight excluding hydrogens is 283 g/mol. The van der Waals surface area contributed by atoms with E-state index in [9.17, 15) is 0 Å². The third-order valence-electron chi connectivity index (χ3n) is 3.14. The van der Waals surface area contributed by atoms with Gasteiger partial charge in [-0.05, 0) is 71.5 Å². The summed E-state index contributed by atoms with van der Waals surface area (Å²) in [6.45, 7) is 2.20. The zero-order valence-electron chi connectivity index (χ0n) is 8.72. The molecule has 0 unspecified atom stereocenters. The van der Waals surface area contributed by atoms with E-state index in [1.807, 2.05) is 0 Å². The molecule has 76 valence electrons. The van der Waals surface area contributed by atoms with E-state index in [1.54, 1.807) is 5.56 Å². The van der Waals surface area contributed by atoms with Gasteiger partial charge in [-0.15, -0.1) is 0 Å². The van der Waals surface area contributed by atoms with Crippen LogP contribution in [0.2, 0.25) is 0 Å². The van der Waals surface area contributed by atoms with E-state index in [4.69, 9.17) is 0 Å². The van der Waals surface area contributed by atoms with Gasteiger partial charge in [-0.2, -0.15) is 0 Å². The van der Waals surface area contributed by atoms with Gasteiger partial charge in [0.15, 0.2) is 0 Å². The Morgan fingerprint density at radius 2 is 1.79 bits per heavy atom. The lowest BCUT2D eigenvalue weighted by Gasteiger charge is -2.22. The van der Waals surface area contributed by atoms with Gasteiger partial charge in [-0.3, -0.25) is 0 Å². The lowest BCUT2D eigenvalue weighted by Crippen LogP contribution is -2.04. The lowest BCUT2D eigenvalue weighted by atomic mass is 9.84. The number of hydrogen-bond donors (Lipinski definition) is 0. The summed E-state index contributed by atoms with van der Waals surface area (Å²) in [7, 11) is 0. The predicted molar refractivity (Wildman–Crippen MR) is 69.7 cm³/mol. The molecule has 1 fully saturated rings. The van der Waals surface area contributed by atoms with Crippen LogP contribution < -0.4 is 0 Å². The molecule has 0 aliphatic heterocycles. The fourth-order valence-electron chi connectivity index (χ4n) is 2.44. The standard InChI is InChI=1S/C13H17I/c1-10-7-12(9-13(14)8-10)11-5-3-2-4-6-11/h7-9,11H,2-6H2,1H3. The first-order valence-electron chi connectivity index (χ1n) is 5.53. The minimum atomic E-state index is 0.845. The Kier molecular flexibility index (Phi) is 3.47. The van der Waals surface area contributed by atoms with Crippen LogP contribution in [0.3, 0.4) is 0 Å². The van der Waals surface area contributed by atoms with E-state index >= 15 is 0 Å². The molecule has 0 spiro atoms. The van der Waals surface area contributed by atoms with Crippen LogP contribution in [-0.2, 0) is 0 Å². The van der Waals surface area contributed by atoms with Crippen LogP contribution in [0.4, 0.5) is 0 Å². The number of rotatable bonds is 1. The smallest absolute Gasteiger partial charge is 0.0135 e. The minimum Gasteiger partial charge on any atom is -0.0557 e. The molecule has 1 aliphatic carbocycles. The quantitative estimate of drug-likeness (QED) is 0.662. The van der Waals surface area contributed by atoms with Crippen LogP contribution in [-0.4, -0.2) is 0 Å². The second-order valence-electron chi connectivity index (χ2n) is 4.40. The fourth-order valence-corrected chi connectivity index (χ4v) is 3.29. The maximum absolute atomic E-state index is 2.43. The molecule has 0 radical (unpaired) electrons. The molecule has 2 rings (SSSR count). The molecule has 14 heavy (non-hydrogen) atoms. The highest BCUT2D eigenvalue weighted by Crippen LogP contribution is 2.33. The highest BCUT2D eigenvalue weighted by molar-refractivity contribution is 14.1. The predicted octanol–water partition coefficient (Wildman–Crippen LogP) is 4.65. The van der Waals surface area contributed by atoms with Crippen LogP contribution in [0.25, 0.3) is 0 Å². The highest BCUT2D eigenvalue weighted by Gasteiger charge is 2.15. The highest BCUT2D eigenvalue weighted by atomic mass is 127. The molecule has 0 nitrogen and oxygen atoms in total. The van der Waals surface area contributed by atoms with Crippen molar-refractivity contribution in [1.29, 1.82) is 0 Å². The molecule has 1 aromatic rings. The van der Waals surface area contributed by atoms with Crippen molar-refractivity contribution in [2.75, 3.05) is 0 Å². The summed E-state index contributed by atoms with van der Waals surface area (Å²) in [6.07, 6.45) is 7.10. The van der Waals surface area contributed by atoms with Crippen molar-refractivity contribution in [3.63, 3.8) is 0 Å². The molecular formula is C13H17I. The Balaban J connectivity index is 2.21. The maximum atomic E-state index is 2.43. The fraction of sp³-hybridized carbons (Fsp3) is 0.538. The Labute approximate surface area is 100 Å². The minimum absolute atomic E-state index is 0.845. The van der Waals surface area contributed by atoms with Crippen LogP contribution in [0.5, 0.6) is 0 Å². The van der Waals surface area contributed by atoms with E-state index in [2.05, 4.69) is 47.7 Å². The van der Waals surface area contributed by atoms with Crippen molar-refractivity contribution < 1.29 is 0 Å². The molecule has 0 saturated heterocycles. The van der Waals surface area contributed by atoms with Crippen LogP contribution in [0, 0.1) is 10.5 Å². The van der Waals surface area contributed by atoms with Gasteiger partial charge in [0.05, 0.1) is 0 Å². The van der Waals surface area contributed by atoms with E-state index in [0.29, 0.717) is 0 Å². The Morgan fingerprint density at radius 3 is 2.43 bits per heavy atom. The Bertz CT molecular complexity index is 291. The third-order valence-corrected chi connectivity index (χ3v) is 3.76. The second kappa shape index (κ2) is 4.65. The lowest BCUT2D eigenvalue weighted by molar-refractivity contribution is 0.443. The Morgan fingerprint density at radius 1 is 1.07 bits per heavy atom. The van der Waals surface area contributed by atoms with Crippen molar-refractivity contribution in [3.8, 4) is 0 Å².